The van der Waals surface area contributed by atoms with Crippen LogP contribution >= 0.6 is 0 Å². The quantitative estimate of drug-likeness (QED) is 0.878. The lowest BCUT2D eigenvalue weighted by Gasteiger charge is -2.16. The number of rotatable bonds is 6. The van der Waals surface area contributed by atoms with Gasteiger partial charge in [0.15, 0.2) is 0 Å². The third-order valence-electron chi connectivity index (χ3n) is 4.11. The molecule has 3 rings (SSSR count). The summed E-state index contributed by atoms with van der Waals surface area (Å²) in [5.41, 5.74) is 2.46. The molecule has 0 atom stereocenters. The number of hydrogen-bond acceptors (Lipinski definition) is 3. The van der Waals surface area contributed by atoms with Crippen LogP contribution in [0.25, 0.3) is 0 Å². The zero-order valence-electron chi connectivity index (χ0n) is 14.3. The molecule has 2 aromatic carbocycles. The van der Waals surface area contributed by atoms with E-state index in [1.807, 2.05) is 55.5 Å². The number of carbonyl (C=O) groups is 2. The first-order valence-electron chi connectivity index (χ1n) is 8.57. The van der Waals surface area contributed by atoms with Gasteiger partial charge in [-0.1, -0.05) is 18.2 Å². The zero-order chi connectivity index (χ0) is 17.6. The smallest absolute Gasteiger partial charge is 0.228 e. The summed E-state index contributed by atoms with van der Waals surface area (Å²) in [6.07, 6.45) is 1.76. The Hall–Kier alpha value is -2.82. The van der Waals surface area contributed by atoms with Gasteiger partial charge in [0.1, 0.15) is 5.75 Å². The normalized spacial score (nSPS) is 13.8. The van der Waals surface area contributed by atoms with Crippen LogP contribution in [0.4, 0.5) is 11.4 Å². The fourth-order valence-corrected chi connectivity index (χ4v) is 2.93. The lowest BCUT2D eigenvalue weighted by atomic mass is 10.1. The van der Waals surface area contributed by atoms with Crippen LogP contribution in [-0.2, 0) is 16.0 Å². The molecular formula is C20H22N2O3. The number of hydrogen-bond donors (Lipinski definition) is 1. The van der Waals surface area contributed by atoms with Gasteiger partial charge in [-0.2, -0.15) is 0 Å². The van der Waals surface area contributed by atoms with Gasteiger partial charge >= 0.3 is 0 Å². The molecule has 1 N–H and O–H groups in total. The monoisotopic (exact) mass is 338 g/mol. The second kappa shape index (κ2) is 7.83. The predicted octanol–water partition coefficient (Wildman–Crippen LogP) is 3.39. The summed E-state index contributed by atoms with van der Waals surface area (Å²) in [7, 11) is 0. The second-order valence-electron chi connectivity index (χ2n) is 6.00. The van der Waals surface area contributed by atoms with Crippen molar-refractivity contribution >= 4 is 23.2 Å². The van der Waals surface area contributed by atoms with E-state index in [1.54, 1.807) is 4.90 Å². The lowest BCUT2D eigenvalue weighted by Crippen LogP contribution is -2.23. The third kappa shape index (κ3) is 4.38. The maximum absolute atomic E-state index is 12.3. The van der Waals surface area contributed by atoms with Crippen molar-refractivity contribution in [3.63, 3.8) is 0 Å². The maximum atomic E-state index is 12.3. The maximum Gasteiger partial charge on any atom is 0.228 e. The minimum Gasteiger partial charge on any atom is -0.494 e. The fourth-order valence-electron chi connectivity index (χ4n) is 2.93. The number of ether oxygens (including phenoxy) is 1. The molecule has 2 amide bonds. The number of amides is 2. The lowest BCUT2D eigenvalue weighted by molar-refractivity contribution is -0.117. The van der Waals surface area contributed by atoms with E-state index < -0.39 is 0 Å². The standard InChI is InChI=1S/C20H22N2O3/c1-2-25-18-10-8-15(9-11-18)13-19(23)21-16-5-3-6-17(14-16)22-12-4-7-20(22)24/h3,5-6,8-11,14H,2,4,7,12-13H2,1H3,(H,21,23). The Bertz CT molecular complexity index is 756. The summed E-state index contributed by atoms with van der Waals surface area (Å²) in [6, 6.07) is 14.9. The molecule has 2 aromatic rings. The summed E-state index contributed by atoms with van der Waals surface area (Å²) in [6.45, 7) is 3.29. The summed E-state index contributed by atoms with van der Waals surface area (Å²) in [5, 5.41) is 2.90. The second-order valence-corrected chi connectivity index (χ2v) is 6.00. The molecule has 1 aliphatic rings. The molecule has 1 saturated heterocycles. The molecule has 5 nitrogen and oxygen atoms in total. The van der Waals surface area contributed by atoms with Gasteiger partial charge in [-0.3, -0.25) is 9.59 Å². The molecule has 0 saturated carbocycles. The highest BCUT2D eigenvalue weighted by atomic mass is 16.5. The molecule has 0 aromatic heterocycles. The molecule has 1 aliphatic heterocycles. The fraction of sp³-hybridized carbons (Fsp3) is 0.300. The van der Waals surface area contributed by atoms with Crippen LogP contribution in [0, 0.1) is 0 Å². The minimum absolute atomic E-state index is 0.0888. The Labute approximate surface area is 147 Å². The van der Waals surface area contributed by atoms with E-state index in [2.05, 4.69) is 5.32 Å². The van der Waals surface area contributed by atoms with Gasteiger partial charge in [0.25, 0.3) is 0 Å². The van der Waals surface area contributed by atoms with Crippen LogP contribution in [0.3, 0.4) is 0 Å². The van der Waals surface area contributed by atoms with E-state index in [0.29, 0.717) is 25.1 Å². The summed E-state index contributed by atoms with van der Waals surface area (Å²) in [4.78, 5) is 25.9. The number of nitrogens with zero attached hydrogens (tertiary/aromatic N) is 1. The van der Waals surface area contributed by atoms with Crippen LogP contribution in [0.2, 0.25) is 0 Å². The number of nitrogens with one attached hydrogen (secondary N) is 1. The molecule has 1 fully saturated rings. The molecule has 0 aliphatic carbocycles. The minimum atomic E-state index is -0.0888. The van der Waals surface area contributed by atoms with E-state index in [1.165, 1.54) is 0 Å². The van der Waals surface area contributed by atoms with Crippen LogP contribution in [0.15, 0.2) is 48.5 Å². The van der Waals surface area contributed by atoms with Gasteiger partial charge in [-0.15, -0.1) is 0 Å². The van der Waals surface area contributed by atoms with Crippen LogP contribution in [-0.4, -0.2) is 25.0 Å². The molecule has 0 unspecified atom stereocenters. The Kier molecular flexibility index (Phi) is 5.33. The summed E-state index contributed by atoms with van der Waals surface area (Å²) >= 11 is 0. The molecule has 1 heterocycles. The van der Waals surface area contributed by atoms with E-state index >= 15 is 0 Å². The van der Waals surface area contributed by atoms with Gasteiger partial charge in [0, 0.05) is 24.3 Å². The number of benzene rings is 2. The predicted molar refractivity (Wildman–Crippen MR) is 98.0 cm³/mol. The van der Waals surface area contributed by atoms with Crippen molar-refractivity contribution in [1.82, 2.24) is 0 Å². The van der Waals surface area contributed by atoms with E-state index in [9.17, 15) is 9.59 Å². The highest BCUT2D eigenvalue weighted by Crippen LogP contribution is 2.24. The van der Waals surface area contributed by atoms with E-state index in [0.717, 1.165) is 30.0 Å². The van der Waals surface area contributed by atoms with Gasteiger partial charge in [0.2, 0.25) is 11.8 Å². The third-order valence-corrected chi connectivity index (χ3v) is 4.11. The van der Waals surface area contributed by atoms with Crippen molar-refractivity contribution in [3.05, 3.63) is 54.1 Å². The molecule has 5 heteroatoms. The summed E-state index contributed by atoms with van der Waals surface area (Å²) in [5.74, 6) is 0.849. The molecule has 0 radical (unpaired) electrons. The Morgan fingerprint density at radius 3 is 2.68 bits per heavy atom. The van der Waals surface area contributed by atoms with Crippen molar-refractivity contribution < 1.29 is 14.3 Å². The Balaban J connectivity index is 1.61. The SMILES string of the molecule is CCOc1ccc(CC(=O)Nc2cccc(N3CCCC3=O)c2)cc1. The van der Waals surface area contributed by atoms with Crippen LogP contribution in [0.5, 0.6) is 5.75 Å². The van der Waals surface area contributed by atoms with Crippen LogP contribution in [0.1, 0.15) is 25.3 Å². The van der Waals surface area contributed by atoms with Crippen LogP contribution < -0.4 is 15.0 Å². The van der Waals surface area contributed by atoms with Crippen molar-refractivity contribution in [2.45, 2.75) is 26.2 Å². The van der Waals surface area contributed by atoms with Gasteiger partial charge in [0.05, 0.1) is 13.0 Å². The summed E-state index contributed by atoms with van der Waals surface area (Å²) < 4.78 is 5.40. The average molecular weight is 338 g/mol. The first-order valence-corrected chi connectivity index (χ1v) is 8.57. The van der Waals surface area contributed by atoms with Crippen molar-refractivity contribution in [2.75, 3.05) is 23.4 Å². The largest absolute Gasteiger partial charge is 0.494 e. The highest BCUT2D eigenvalue weighted by Gasteiger charge is 2.21. The van der Waals surface area contributed by atoms with E-state index in [4.69, 9.17) is 4.74 Å². The zero-order valence-corrected chi connectivity index (χ0v) is 14.3. The Morgan fingerprint density at radius 2 is 2.00 bits per heavy atom. The average Bonchev–Trinajstić information content (AvgIpc) is 3.03. The molecule has 0 spiro atoms. The first-order chi connectivity index (χ1) is 12.2. The topological polar surface area (TPSA) is 58.6 Å². The van der Waals surface area contributed by atoms with Gasteiger partial charge in [-0.25, -0.2) is 0 Å². The molecular weight excluding hydrogens is 316 g/mol. The highest BCUT2D eigenvalue weighted by molar-refractivity contribution is 5.97. The van der Waals surface area contributed by atoms with E-state index in [-0.39, 0.29) is 11.8 Å². The van der Waals surface area contributed by atoms with Crippen molar-refractivity contribution in [1.29, 1.82) is 0 Å². The first kappa shape index (κ1) is 17.0. The van der Waals surface area contributed by atoms with Crippen molar-refractivity contribution in [3.8, 4) is 5.75 Å². The molecule has 25 heavy (non-hydrogen) atoms. The molecule has 0 bridgehead atoms. The Morgan fingerprint density at radius 1 is 1.20 bits per heavy atom. The number of carbonyl (C=O) groups excluding carboxylic acids is 2. The van der Waals surface area contributed by atoms with Gasteiger partial charge in [-0.05, 0) is 49.2 Å². The number of anilines is 2. The van der Waals surface area contributed by atoms with Crippen molar-refractivity contribution in [2.24, 2.45) is 0 Å². The van der Waals surface area contributed by atoms with Gasteiger partial charge < -0.3 is 15.0 Å². The molecule has 130 valence electrons.